The Morgan fingerprint density at radius 1 is 1.20 bits per heavy atom. The molecule has 2 aromatic rings. The minimum Gasteiger partial charge on any atom is -0.494 e. The fourth-order valence-corrected chi connectivity index (χ4v) is 3.98. The van der Waals surface area contributed by atoms with Crippen molar-refractivity contribution < 1.29 is 4.74 Å². The summed E-state index contributed by atoms with van der Waals surface area (Å²) in [7, 11) is 0. The summed E-state index contributed by atoms with van der Waals surface area (Å²) in [5, 5.41) is 3.29. The molecule has 2 heterocycles. The van der Waals surface area contributed by atoms with Crippen molar-refractivity contribution in [3.05, 3.63) is 29.6 Å². The molecule has 1 fully saturated rings. The second-order valence-corrected chi connectivity index (χ2v) is 6.63. The molecule has 0 radical (unpaired) electrons. The third-order valence-electron chi connectivity index (χ3n) is 3.23. The Hall–Kier alpha value is -1.20. The van der Waals surface area contributed by atoms with Crippen LogP contribution in [0.5, 0.6) is 5.75 Å². The maximum Gasteiger partial charge on any atom is 0.185 e. The molecule has 3 rings (SSSR count). The van der Waals surface area contributed by atoms with Crippen LogP contribution in [-0.2, 0) is 0 Å². The number of hydrogen-bond acceptors (Lipinski definition) is 5. The largest absolute Gasteiger partial charge is 0.494 e. The van der Waals surface area contributed by atoms with Crippen molar-refractivity contribution in [1.82, 2.24) is 4.98 Å². The van der Waals surface area contributed by atoms with Gasteiger partial charge in [-0.2, -0.15) is 11.8 Å². The van der Waals surface area contributed by atoms with Gasteiger partial charge in [-0.3, -0.25) is 0 Å². The predicted octanol–water partition coefficient (Wildman–Crippen LogP) is 3.76. The Bertz CT molecular complexity index is 547. The first kappa shape index (κ1) is 13.8. The topological polar surface area (TPSA) is 25.4 Å². The molecule has 0 amide bonds. The lowest BCUT2D eigenvalue weighted by Crippen LogP contribution is -2.32. The number of ether oxygens (including phenoxy) is 1. The summed E-state index contributed by atoms with van der Waals surface area (Å²) in [5.74, 6) is 3.33. The van der Waals surface area contributed by atoms with Crippen molar-refractivity contribution in [2.45, 2.75) is 6.92 Å². The van der Waals surface area contributed by atoms with Crippen LogP contribution in [-0.4, -0.2) is 36.2 Å². The molecule has 1 aliphatic rings. The number of aromatic nitrogens is 1. The number of rotatable bonds is 4. The van der Waals surface area contributed by atoms with E-state index in [1.54, 1.807) is 11.3 Å². The summed E-state index contributed by atoms with van der Waals surface area (Å²) >= 11 is 3.76. The zero-order chi connectivity index (χ0) is 13.8. The molecule has 20 heavy (non-hydrogen) atoms. The van der Waals surface area contributed by atoms with Crippen molar-refractivity contribution in [2.75, 3.05) is 36.1 Å². The van der Waals surface area contributed by atoms with E-state index in [0.29, 0.717) is 6.61 Å². The Morgan fingerprint density at radius 3 is 2.65 bits per heavy atom. The van der Waals surface area contributed by atoms with E-state index in [0.717, 1.165) is 35.2 Å². The van der Waals surface area contributed by atoms with Gasteiger partial charge in [-0.1, -0.05) is 0 Å². The molecular formula is C15H18N2OS2. The van der Waals surface area contributed by atoms with E-state index in [-0.39, 0.29) is 0 Å². The standard InChI is InChI=1S/C15H18N2OS2/c1-2-18-13-5-3-12(4-6-13)14-11-20-15(16-14)17-7-9-19-10-8-17/h3-6,11H,2,7-10H2,1H3. The van der Waals surface area contributed by atoms with Crippen LogP contribution < -0.4 is 9.64 Å². The molecule has 106 valence electrons. The Kier molecular flexibility index (Phi) is 4.47. The van der Waals surface area contributed by atoms with Gasteiger partial charge in [0.05, 0.1) is 12.3 Å². The van der Waals surface area contributed by atoms with Crippen molar-refractivity contribution in [1.29, 1.82) is 0 Å². The zero-order valence-corrected chi connectivity index (χ0v) is 13.2. The molecule has 0 bridgehead atoms. The molecule has 0 spiro atoms. The van der Waals surface area contributed by atoms with Gasteiger partial charge >= 0.3 is 0 Å². The van der Waals surface area contributed by atoms with Crippen molar-refractivity contribution in [3.8, 4) is 17.0 Å². The molecule has 1 saturated heterocycles. The Balaban J connectivity index is 1.75. The van der Waals surface area contributed by atoms with Gasteiger partial charge in [0.1, 0.15) is 5.75 Å². The molecule has 0 atom stereocenters. The minimum atomic E-state index is 0.702. The van der Waals surface area contributed by atoms with Crippen LogP contribution in [0.1, 0.15) is 6.92 Å². The van der Waals surface area contributed by atoms with E-state index < -0.39 is 0 Å². The summed E-state index contributed by atoms with van der Waals surface area (Å²) < 4.78 is 5.47. The van der Waals surface area contributed by atoms with Crippen molar-refractivity contribution in [3.63, 3.8) is 0 Å². The first-order valence-electron chi connectivity index (χ1n) is 6.88. The van der Waals surface area contributed by atoms with Crippen LogP contribution in [0.15, 0.2) is 29.6 Å². The maximum atomic E-state index is 5.47. The molecule has 3 nitrogen and oxygen atoms in total. The van der Waals surface area contributed by atoms with Gasteiger partial charge in [0, 0.05) is 35.5 Å². The van der Waals surface area contributed by atoms with E-state index in [9.17, 15) is 0 Å². The number of hydrogen-bond donors (Lipinski definition) is 0. The van der Waals surface area contributed by atoms with Crippen molar-refractivity contribution >= 4 is 28.2 Å². The van der Waals surface area contributed by atoms with Crippen LogP contribution in [0.4, 0.5) is 5.13 Å². The highest BCUT2D eigenvalue weighted by Gasteiger charge is 2.15. The number of anilines is 1. The molecule has 0 unspecified atom stereocenters. The second kappa shape index (κ2) is 6.50. The fourth-order valence-electron chi connectivity index (χ4n) is 2.19. The average Bonchev–Trinajstić information content (AvgIpc) is 2.99. The van der Waals surface area contributed by atoms with Gasteiger partial charge in [0.25, 0.3) is 0 Å². The van der Waals surface area contributed by atoms with E-state index >= 15 is 0 Å². The second-order valence-electron chi connectivity index (χ2n) is 4.57. The third-order valence-corrected chi connectivity index (χ3v) is 5.08. The predicted molar refractivity (Wildman–Crippen MR) is 88.3 cm³/mol. The lowest BCUT2D eigenvalue weighted by Gasteiger charge is -2.25. The monoisotopic (exact) mass is 306 g/mol. The summed E-state index contributed by atoms with van der Waals surface area (Å²) in [4.78, 5) is 7.16. The summed E-state index contributed by atoms with van der Waals surface area (Å²) in [6, 6.07) is 8.18. The summed E-state index contributed by atoms with van der Waals surface area (Å²) in [6.45, 7) is 4.92. The molecule has 1 aromatic heterocycles. The SMILES string of the molecule is CCOc1ccc(-c2csc(N3CCSCC3)n2)cc1. The van der Waals surface area contributed by atoms with Crippen LogP contribution >= 0.6 is 23.1 Å². The smallest absolute Gasteiger partial charge is 0.185 e. The van der Waals surface area contributed by atoms with Gasteiger partial charge in [-0.05, 0) is 31.2 Å². The van der Waals surface area contributed by atoms with Gasteiger partial charge in [0.15, 0.2) is 5.13 Å². The quantitative estimate of drug-likeness (QED) is 0.859. The van der Waals surface area contributed by atoms with Crippen molar-refractivity contribution in [2.24, 2.45) is 0 Å². The number of thioether (sulfide) groups is 1. The van der Waals surface area contributed by atoms with Crippen LogP contribution in [0, 0.1) is 0 Å². The molecule has 5 heteroatoms. The molecular weight excluding hydrogens is 288 g/mol. The molecule has 0 N–H and O–H groups in total. The number of thiazole rings is 1. The highest BCUT2D eigenvalue weighted by atomic mass is 32.2. The van der Waals surface area contributed by atoms with E-state index in [1.807, 2.05) is 30.8 Å². The van der Waals surface area contributed by atoms with Gasteiger partial charge in [-0.25, -0.2) is 4.98 Å². The maximum absolute atomic E-state index is 5.47. The number of nitrogens with zero attached hydrogens (tertiary/aromatic N) is 2. The molecule has 0 aliphatic carbocycles. The van der Waals surface area contributed by atoms with E-state index in [1.165, 1.54) is 11.5 Å². The van der Waals surface area contributed by atoms with E-state index in [2.05, 4.69) is 22.4 Å². The third kappa shape index (κ3) is 3.10. The van der Waals surface area contributed by atoms with Gasteiger partial charge < -0.3 is 9.64 Å². The Labute approximate surface area is 128 Å². The molecule has 1 aromatic carbocycles. The molecule has 0 saturated carbocycles. The van der Waals surface area contributed by atoms with E-state index in [4.69, 9.17) is 9.72 Å². The highest BCUT2D eigenvalue weighted by Crippen LogP contribution is 2.29. The highest BCUT2D eigenvalue weighted by molar-refractivity contribution is 7.99. The zero-order valence-electron chi connectivity index (χ0n) is 11.5. The fraction of sp³-hybridized carbons (Fsp3) is 0.400. The van der Waals surface area contributed by atoms with Crippen LogP contribution in [0.25, 0.3) is 11.3 Å². The number of benzene rings is 1. The summed E-state index contributed by atoms with van der Waals surface area (Å²) in [6.07, 6.45) is 0. The lowest BCUT2D eigenvalue weighted by atomic mass is 10.2. The average molecular weight is 306 g/mol. The van der Waals surface area contributed by atoms with Gasteiger partial charge in [-0.15, -0.1) is 11.3 Å². The lowest BCUT2D eigenvalue weighted by molar-refractivity contribution is 0.340. The summed E-state index contributed by atoms with van der Waals surface area (Å²) in [5.41, 5.74) is 2.22. The van der Waals surface area contributed by atoms with Crippen LogP contribution in [0.2, 0.25) is 0 Å². The first-order chi connectivity index (χ1) is 9.86. The normalized spacial score (nSPS) is 15.3. The molecule has 1 aliphatic heterocycles. The van der Waals surface area contributed by atoms with Gasteiger partial charge in [0.2, 0.25) is 0 Å². The Morgan fingerprint density at radius 2 is 1.95 bits per heavy atom. The minimum absolute atomic E-state index is 0.702. The first-order valence-corrected chi connectivity index (χ1v) is 8.91. The van der Waals surface area contributed by atoms with Crippen LogP contribution in [0.3, 0.4) is 0 Å².